The minimum Gasteiger partial charge on any atom is -0.345 e. The van der Waals surface area contributed by atoms with Crippen LogP contribution in [0.3, 0.4) is 0 Å². The number of fused-ring (bicyclic) bond motifs is 1. The molecule has 0 unspecified atom stereocenters. The van der Waals surface area contributed by atoms with Gasteiger partial charge in [-0.15, -0.1) is 0 Å². The fourth-order valence-corrected chi connectivity index (χ4v) is 0.880. The molecule has 1 aromatic heterocycles. The number of hydrogen-bond donors (Lipinski definition) is 1. The minimum atomic E-state index is 0. The number of benzene rings is 1. The molecule has 3 heteroatoms. The number of para-hydroxylation sites is 2. The molecule has 0 radical (unpaired) electrons. The normalized spacial score (nSPS) is 9.20. The van der Waals surface area contributed by atoms with Crippen LogP contribution >= 0.6 is 0 Å². The number of aromatic amines is 1. The van der Waals surface area contributed by atoms with Crippen molar-refractivity contribution >= 4 is 11.0 Å². The first-order chi connectivity index (χ1) is 4.47. The van der Waals surface area contributed by atoms with Crippen LogP contribution in [0.4, 0.5) is 0 Å². The summed E-state index contributed by atoms with van der Waals surface area (Å²) in [6.45, 7) is 0. The van der Waals surface area contributed by atoms with Gasteiger partial charge in [0.25, 0.3) is 0 Å². The van der Waals surface area contributed by atoms with Gasteiger partial charge in [0.05, 0.1) is 17.4 Å². The summed E-state index contributed by atoms with van der Waals surface area (Å²) in [5.41, 5.74) is 2.12. The molecule has 2 rings (SSSR count). The van der Waals surface area contributed by atoms with E-state index in [-0.39, 0.29) is 39.9 Å². The minimum absolute atomic E-state index is 0. The Morgan fingerprint density at radius 2 is 2.00 bits per heavy atom. The quantitative estimate of drug-likeness (QED) is 0.768. The molecule has 1 N–H and O–H groups in total. The Morgan fingerprint density at radius 1 is 1.20 bits per heavy atom. The summed E-state index contributed by atoms with van der Waals surface area (Å²) in [6.07, 6.45) is 1.70. The molecule has 0 saturated heterocycles. The van der Waals surface area contributed by atoms with E-state index in [1.54, 1.807) is 6.33 Å². The van der Waals surface area contributed by atoms with Gasteiger partial charge in [0.2, 0.25) is 0 Å². The molecule has 10 heavy (non-hydrogen) atoms. The summed E-state index contributed by atoms with van der Waals surface area (Å²) in [4.78, 5) is 7.07. The largest absolute Gasteiger partial charge is 0.345 e. The van der Waals surface area contributed by atoms with E-state index < -0.39 is 0 Å². The fourth-order valence-electron chi connectivity index (χ4n) is 0.880. The summed E-state index contributed by atoms with van der Waals surface area (Å²) in [7, 11) is 0. The van der Waals surface area contributed by atoms with E-state index in [4.69, 9.17) is 0 Å². The average molecular weight is 350 g/mol. The molecule has 0 fully saturated rings. The molecule has 2 nitrogen and oxygen atoms in total. The van der Waals surface area contributed by atoms with Gasteiger partial charge in [0.1, 0.15) is 0 Å². The van der Waals surface area contributed by atoms with E-state index in [0.717, 1.165) is 11.0 Å². The maximum absolute atomic E-state index is 4.06. The molecule has 0 bridgehead atoms. The molecule has 0 atom stereocenters. The van der Waals surface area contributed by atoms with Crippen LogP contribution in [0.15, 0.2) is 30.6 Å². The van der Waals surface area contributed by atoms with Crippen molar-refractivity contribution in [2.75, 3.05) is 0 Å². The maximum Gasteiger partial charge on any atom is 0.0931 e. The van der Waals surface area contributed by atoms with Crippen LogP contribution in [0.2, 0.25) is 0 Å². The average Bonchev–Trinajstić information content (AvgIpc) is 2.33. The zero-order valence-corrected chi connectivity index (χ0v) is 9.44. The van der Waals surface area contributed by atoms with Crippen LogP contribution in [0.5, 0.6) is 0 Å². The summed E-state index contributed by atoms with van der Waals surface area (Å²) in [5.74, 6) is 0. The Hall–Kier alpha value is 0.0147. The van der Waals surface area contributed by atoms with Crippen molar-refractivity contribution < 1.29 is 39.9 Å². The number of aromatic nitrogens is 2. The SMILES string of the molecule is [Th].c1ccc2[nH]cnc2c1. The standard InChI is InChI=1S/C7H6N2.Th/c1-2-4-7-6(3-1)8-5-9-7;/h1-5H,(H,8,9);. The number of imidazole rings is 1. The smallest absolute Gasteiger partial charge is 0.0931 e. The van der Waals surface area contributed by atoms with Crippen LogP contribution in [0, 0.1) is 39.9 Å². The van der Waals surface area contributed by atoms with Crippen LogP contribution in [-0.4, -0.2) is 9.97 Å². The van der Waals surface area contributed by atoms with E-state index >= 15 is 0 Å². The van der Waals surface area contributed by atoms with E-state index in [1.807, 2.05) is 24.3 Å². The first-order valence-corrected chi connectivity index (χ1v) is 2.85. The molecule has 0 aliphatic rings. The Bertz CT molecular complexity index is 286. The van der Waals surface area contributed by atoms with Gasteiger partial charge >= 0.3 is 0 Å². The predicted octanol–water partition coefficient (Wildman–Crippen LogP) is 1.56. The second-order valence-electron chi connectivity index (χ2n) is 1.92. The third-order valence-corrected chi connectivity index (χ3v) is 1.33. The number of rotatable bonds is 0. The van der Waals surface area contributed by atoms with Gasteiger partial charge in [0, 0.05) is 39.9 Å². The third-order valence-electron chi connectivity index (χ3n) is 1.33. The Labute approximate surface area is 90.7 Å². The molecule has 0 aliphatic carbocycles. The van der Waals surface area contributed by atoms with Crippen molar-refractivity contribution in [2.24, 2.45) is 0 Å². The summed E-state index contributed by atoms with van der Waals surface area (Å²) >= 11 is 0. The van der Waals surface area contributed by atoms with Gasteiger partial charge < -0.3 is 4.98 Å². The van der Waals surface area contributed by atoms with Crippen molar-refractivity contribution in [1.29, 1.82) is 0 Å². The summed E-state index contributed by atoms with van der Waals surface area (Å²) < 4.78 is 0. The monoisotopic (exact) mass is 350 g/mol. The second kappa shape index (κ2) is 3.42. The first-order valence-electron chi connectivity index (χ1n) is 2.85. The van der Waals surface area contributed by atoms with Gasteiger partial charge in [-0.05, 0) is 12.1 Å². The predicted molar refractivity (Wildman–Crippen MR) is 36.1 cm³/mol. The first kappa shape index (κ1) is 8.11. The molecular formula is C7H6N2Th. The molecule has 1 aromatic carbocycles. The van der Waals surface area contributed by atoms with Crippen LogP contribution in [0.25, 0.3) is 11.0 Å². The Balaban J connectivity index is 0.000000500. The van der Waals surface area contributed by atoms with Gasteiger partial charge in [-0.25, -0.2) is 4.98 Å². The van der Waals surface area contributed by atoms with Crippen LogP contribution < -0.4 is 0 Å². The van der Waals surface area contributed by atoms with Crippen molar-refractivity contribution in [1.82, 2.24) is 9.97 Å². The molecule has 0 aliphatic heterocycles. The number of nitrogens with zero attached hydrogens (tertiary/aromatic N) is 1. The van der Waals surface area contributed by atoms with Gasteiger partial charge in [-0.1, -0.05) is 12.1 Å². The maximum atomic E-state index is 4.06. The number of hydrogen-bond acceptors (Lipinski definition) is 1. The number of H-pyrrole nitrogens is 1. The summed E-state index contributed by atoms with van der Waals surface area (Å²) in [5, 5.41) is 0. The summed E-state index contributed by atoms with van der Waals surface area (Å²) in [6, 6.07) is 7.94. The van der Waals surface area contributed by atoms with Crippen LogP contribution in [-0.2, 0) is 0 Å². The molecule has 2 aromatic rings. The van der Waals surface area contributed by atoms with E-state index in [1.165, 1.54) is 0 Å². The molecule has 0 amide bonds. The molecule has 0 saturated carbocycles. The van der Waals surface area contributed by atoms with Crippen molar-refractivity contribution in [3.05, 3.63) is 30.6 Å². The molecule has 48 valence electrons. The molecule has 1 heterocycles. The topological polar surface area (TPSA) is 28.7 Å². The second-order valence-corrected chi connectivity index (χ2v) is 1.92. The fraction of sp³-hybridized carbons (Fsp3) is 0. The molecule has 0 spiro atoms. The Kier molecular flexibility index (Phi) is 2.77. The van der Waals surface area contributed by atoms with Gasteiger partial charge in [-0.2, -0.15) is 0 Å². The van der Waals surface area contributed by atoms with Crippen molar-refractivity contribution in [3.8, 4) is 0 Å². The van der Waals surface area contributed by atoms with E-state index in [0.29, 0.717) is 0 Å². The van der Waals surface area contributed by atoms with Crippen molar-refractivity contribution in [2.45, 2.75) is 0 Å². The molecular weight excluding hydrogens is 344 g/mol. The van der Waals surface area contributed by atoms with Gasteiger partial charge in [0.15, 0.2) is 0 Å². The van der Waals surface area contributed by atoms with E-state index in [9.17, 15) is 0 Å². The zero-order valence-electron chi connectivity index (χ0n) is 5.33. The zero-order chi connectivity index (χ0) is 6.10. The van der Waals surface area contributed by atoms with E-state index in [2.05, 4.69) is 9.97 Å². The Morgan fingerprint density at radius 3 is 2.80 bits per heavy atom. The van der Waals surface area contributed by atoms with Gasteiger partial charge in [-0.3, -0.25) is 0 Å². The van der Waals surface area contributed by atoms with Crippen LogP contribution in [0.1, 0.15) is 0 Å². The third kappa shape index (κ3) is 1.36. The van der Waals surface area contributed by atoms with Crippen molar-refractivity contribution in [3.63, 3.8) is 0 Å². The number of nitrogens with one attached hydrogen (secondary N) is 1.